The van der Waals surface area contributed by atoms with Crippen molar-refractivity contribution in [2.24, 2.45) is 11.8 Å². The summed E-state index contributed by atoms with van der Waals surface area (Å²) in [4.78, 5) is 22.8. The monoisotopic (exact) mass is 211 g/mol. The fraction of sp³-hybridized carbons (Fsp3) is 0.818. The minimum absolute atomic E-state index is 0.157. The molecule has 0 amide bonds. The number of esters is 2. The third-order valence-electron chi connectivity index (χ3n) is 3.28. The van der Waals surface area contributed by atoms with Gasteiger partial charge in [-0.2, -0.15) is 0 Å². The van der Waals surface area contributed by atoms with Crippen molar-refractivity contribution in [3.05, 3.63) is 0 Å². The lowest BCUT2D eigenvalue weighted by Crippen LogP contribution is -2.24. The van der Waals surface area contributed by atoms with Crippen molar-refractivity contribution in [2.75, 3.05) is 13.1 Å². The Bertz CT molecular complexity index is 239. The molecular formula is C11H17NO3. The maximum absolute atomic E-state index is 11.4. The Balaban J connectivity index is 2.02. The predicted octanol–water partition coefficient (Wildman–Crippen LogP) is 0.856. The fourth-order valence-electron chi connectivity index (χ4n) is 2.40. The van der Waals surface area contributed by atoms with Crippen molar-refractivity contribution in [1.29, 1.82) is 0 Å². The number of hydrogen-bond acceptors (Lipinski definition) is 4. The molecule has 0 aromatic heterocycles. The maximum atomic E-state index is 11.4. The highest BCUT2D eigenvalue weighted by Gasteiger charge is 2.43. The number of fused-ring (bicyclic) bond motifs is 1. The van der Waals surface area contributed by atoms with Gasteiger partial charge in [0.2, 0.25) is 0 Å². The zero-order valence-electron chi connectivity index (χ0n) is 8.83. The molecule has 1 N–H and O–H groups in total. The van der Waals surface area contributed by atoms with E-state index in [4.69, 9.17) is 4.74 Å². The number of carbonyl (C=O) groups is 2. The lowest BCUT2D eigenvalue weighted by molar-refractivity contribution is -0.153. The first-order valence-corrected chi connectivity index (χ1v) is 5.75. The van der Waals surface area contributed by atoms with Crippen molar-refractivity contribution in [2.45, 2.75) is 32.1 Å². The third-order valence-corrected chi connectivity index (χ3v) is 3.28. The van der Waals surface area contributed by atoms with Gasteiger partial charge in [-0.1, -0.05) is 6.42 Å². The van der Waals surface area contributed by atoms with Crippen molar-refractivity contribution in [3.8, 4) is 0 Å². The summed E-state index contributed by atoms with van der Waals surface area (Å²) in [6.45, 7) is 1.95. The molecule has 84 valence electrons. The molecule has 0 aliphatic carbocycles. The molecule has 2 saturated heterocycles. The van der Waals surface area contributed by atoms with Crippen LogP contribution < -0.4 is 5.32 Å². The first-order chi connectivity index (χ1) is 7.29. The minimum Gasteiger partial charge on any atom is -0.393 e. The Morgan fingerprint density at radius 1 is 0.933 bits per heavy atom. The van der Waals surface area contributed by atoms with Gasteiger partial charge in [0.15, 0.2) is 0 Å². The maximum Gasteiger partial charge on any atom is 0.317 e. The zero-order chi connectivity index (χ0) is 10.7. The van der Waals surface area contributed by atoms with Crippen LogP contribution in [0.5, 0.6) is 0 Å². The largest absolute Gasteiger partial charge is 0.393 e. The van der Waals surface area contributed by atoms with Crippen LogP contribution in [0.4, 0.5) is 0 Å². The van der Waals surface area contributed by atoms with Gasteiger partial charge in [-0.05, 0) is 38.8 Å². The molecule has 2 atom stereocenters. The molecule has 2 aliphatic rings. The highest BCUT2D eigenvalue weighted by Crippen LogP contribution is 2.31. The summed E-state index contributed by atoms with van der Waals surface area (Å²) in [5.41, 5.74) is 0. The van der Waals surface area contributed by atoms with Gasteiger partial charge in [0.25, 0.3) is 0 Å². The molecule has 0 aromatic rings. The summed E-state index contributed by atoms with van der Waals surface area (Å²) in [5.74, 6) is -0.919. The van der Waals surface area contributed by atoms with E-state index in [0.29, 0.717) is 0 Å². The van der Waals surface area contributed by atoms with Gasteiger partial charge in [-0.25, -0.2) is 0 Å². The molecule has 0 bridgehead atoms. The third kappa shape index (κ3) is 2.37. The molecule has 2 heterocycles. The molecule has 0 aromatic carbocycles. The molecule has 2 aliphatic heterocycles. The summed E-state index contributed by atoms with van der Waals surface area (Å²) in [6, 6.07) is 0. The van der Waals surface area contributed by atoms with Gasteiger partial charge in [-0.3, -0.25) is 9.59 Å². The van der Waals surface area contributed by atoms with E-state index in [1.54, 1.807) is 0 Å². The SMILES string of the molecule is O=C1OC(=O)C2CCCNCCCCC12. The van der Waals surface area contributed by atoms with Gasteiger partial charge in [0, 0.05) is 0 Å². The number of nitrogens with one attached hydrogen (secondary N) is 1. The summed E-state index contributed by atoms with van der Waals surface area (Å²) in [5, 5.41) is 3.32. The Kier molecular flexibility index (Phi) is 3.36. The molecular weight excluding hydrogens is 194 g/mol. The summed E-state index contributed by atoms with van der Waals surface area (Å²) in [6.07, 6.45) is 4.60. The van der Waals surface area contributed by atoms with Crippen LogP contribution in [0.15, 0.2) is 0 Å². The number of ether oxygens (including phenoxy) is 1. The van der Waals surface area contributed by atoms with Crippen LogP contribution in [0.3, 0.4) is 0 Å². The quantitative estimate of drug-likeness (QED) is 0.477. The Hall–Kier alpha value is -0.900. The van der Waals surface area contributed by atoms with E-state index in [0.717, 1.165) is 45.2 Å². The van der Waals surface area contributed by atoms with Gasteiger partial charge in [0.1, 0.15) is 0 Å². The molecule has 2 fully saturated rings. The molecule has 0 saturated carbocycles. The van der Waals surface area contributed by atoms with E-state index in [-0.39, 0.29) is 23.8 Å². The van der Waals surface area contributed by atoms with Crippen molar-refractivity contribution < 1.29 is 14.3 Å². The number of cyclic esters (lactones) is 2. The highest BCUT2D eigenvalue weighted by molar-refractivity contribution is 5.96. The molecule has 4 nitrogen and oxygen atoms in total. The van der Waals surface area contributed by atoms with Crippen LogP contribution in [0, 0.1) is 11.8 Å². The van der Waals surface area contributed by atoms with E-state index in [2.05, 4.69) is 5.32 Å². The van der Waals surface area contributed by atoms with Crippen LogP contribution in [-0.2, 0) is 14.3 Å². The van der Waals surface area contributed by atoms with E-state index in [1.165, 1.54) is 0 Å². The van der Waals surface area contributed by atoms with Crippen LogP contribution in [0.1, 0.15) is 32.1 Å². The Morgan fingerprint density at radius 2 is 1.53 bits per heavy atom. The fourth-order valence-corrected chi connectivity index (χ4v) is 2.40. The first kappa shape index (κ1) is 10.6. The van der Waals surface area contributed by atoms with Crippen LogP contribution in [0.25, 0.3) is 0 Å². The standard InChI is InChI=1S/C11H17NO3/c13-10-8-4-1-2-6-12-7-3-5-9(8)11(14)15-10/h8-9,12H,1-7H2. The number of carbonyl (C=O) groups excluding carboxylic acids is 2. The van der Waals surface area contributed by atoms with Crippen molar-refractivity contribution in [3.63, 3.8) is 0 Å². The van der Waals surface area contributed by atoms with Crippen LogP contribution in [-0.4, -0.2) is 25.0 Å². The predicted molar refractivity (Wildman–Crippen MR) is 54.0 cm³/mol. The number of hydrogen-bond donors (Lipinski definition) is 1. The molecule has 4 heteroatoms. The number of rotatable bonds is 0. The second kappa shape index (κ2) is 4.75. The van der Waals surface area contributed by atoms with Crippen molar-refractivity contribution >= 4 is 11.9 Å². The van der Waals surface area contributed by atoms with E-state index in [1.807, 2.05) is 0 Å². The van der Waals surface area contributed by atoms with Crippen LogP contribution in [0.2, 0.25) is 0 Å². The normalized spacial score (nSPS) is 33.3. The summed E-state index contributed by atoms with van der Waals surface area (Å²) < 4.78 is 4.70. The molecule has 15 heavy (non-hydrogen) atoms. The summed E-state index contributed by atoms with van der Waals surface area (Å²) in [7, 11) is 0. The Morgan fingerprint density at radius 3 is 2.27 bits per heavy atom. The van der Waals surface area contributed by atoms with E-state index < -0.39 is 0 Å². The second-order valence-electron chi connectivity index (χ2n) is 4.34. The van der Waals surface area contributed by atoms with Gasteiger partial charge in [-0.15, -0.1) is 0 Å². The van der Waals surface area contributed by atoms with E-state index in [9.17, 15) is 9.59 Å². The summed E-state index contributed by atoms with van der Waals surface area (Å²) >= 11 is 0. The topological polar surface area (TPSA) is 55.4 Å². The zero-order valence-corrected chi connectivity index (χ0v) is 8.83. The average Bonchev–Trinajstić information content (AvgIpc) is 2.49. The van der Waals surface area contributed by atoms with Gasteiger partial charge >= 0.3 is 11.9 Å². The first-order valence-electron chi connectivity index (χ1n) is 5.75. The molecule has 0 spiro atoms. The van der Waals surface area contributed by atoms with Crippen molar-refractivity contribution in [1.82, 2.24) is 5.32 Å². The highest BCUT2D eigenvalue weighted by atomic mass is 16.6. The smallest absolute Gasteiger partial charge is 0.317 e. The molecule has 0 radical (unpaired) electrons. The molecule has 2 unspecified atom stereocenters. The van der Waals surface area contributed by atoms with Crippen LogP contribution >= 0.6 is 0 Å². The average molecular weight is 211 g/mol. The lowest BCUT2D eigenvalue weighted by Gasteiger charge is -2.15. The Labute approximate surface area is 89.4 Å². The second-order valence-corrected chi connectivity index (χ2v) is 4.34. The molecule has 2 rings (SSSR count). The lowest BCUT2D eigenvalue weighted by atomic mass is 9.86. The van der Waals surface area contributed by atoms with E-state index >= 15 is 0 Å². The van der Waals surface area contributed by atoms with Gasteiger partial charge in [0.05, 0.1) is 11.8 Å². The van der Waals surface area contributed by atoms with Gasteiger partial charge < -0.3 is 10.1 Å². The minimum atomic E-state index is -0.300.